The second kappa shape index (κ2) is 7.31. The van der Waals surface area contributed by atoms with Crippen LogP contribution in [0.4, 0.5) is 18.9 Å². The zero-order chi connectivity index (χ0) is 23.6. The van der Waals surface area contributed by atoms with Gasteiger partial charge in [-0.15, -0.1) is 0 Å². The van der Waals surface area contributed by atoms with Crippen LogP contribution in [0.25, 0.3) is 0 Å². The van der Waals surface area contributed by atoms with Crippen LogP contribution in [0.3, 0.4) is 0 Å². The Hall–Kier alpha value is -2.92. The molecular weight excluding hydrogens is 459 g/mol. The lowest BCUT2D eigenvalue weighted by Gasteiger charge is -2.34. The Morgan fingerprint density at radius 3 is 2.34 bits per heavy atom. The first-order valence-electron chi connectivity index (χ1n) is 9.33. The molecule has 0 unspecified atom stereocenters. The van der Waals surface area contributed by atoms with Crippen molar-refractivity contribution >= 4 is 41.0 Å². The minimum atomic E-state index is -4.73. The summed E-state index contributed by atoms with van der Waals surface area (Å²) in [6.07, 6.45) is -4.56. The van der Waals surface area contributed by atoms with Crippen LogP contribution in [-0.2, 0) is 39.6 Å². The molecule has 2 bridgehead atoms. The van der Waals surface area contributed by atoms with Crippen molar-refractivity contribution in [3.63, 3.8) is 0 Å². The number of carbonyl (C=O) groups excluding carboxylic acids is 4. The van der Waals surface area contributed by atoms with Gasteiger partial charge in [0.25, 0.3) is 6.29 Å². The van der Waals surface area contributed by atoms with Crippen LogP contribution in [0.5, 0.6) is 0 Å². The third-order valence-corrected chi connectivity index (χ3v) is 5.83. The summed E-state index contributed by atoms with van der Waals surface area (Å²) in [5.41, 5.74) is -3.35. The molecule has 3 aliphatic heterocycles. The third-order valence-electron chi connectivity index (χ3n) is 5.51. The molecule has 0 radical (unpaired) electrons. The van der Waals surface area contributed by atoms with Crippen molar-refractivity contribution in [3.05, 3.63) is 40.9 Å². The molecule has 2 amide bonds. The van der Waals surface area contributed by atoms with E-state index in [4.69, 9.17) is 25.8 Å². The molecular formula is C20H15ClF3NO7. The molecule has 1 aromatic carbocycles. The average molecular weight is 474 g/mol. The molecule has 0 spiro atoms. The van der Waals surface area contributed by atoms with Gasteiger partial charge in [-0.1, -0.05) is 17.7 Å². The van der Waals surface area contributed by atoms with Gasteiger partial charge in [-0.3, -0.25) is 19.2 Å². The van der Waals surface area contributed by atoms with E-state index < -0.39 is 71.0 Å². The fraction of sp³-hybridized carbons (Fsp3) is 0.400. The monoisotopic (exact) mass is 473 g/mol. The Kier molecular flexibility index (Phi) is 5.09. The lowest BCUT2D eigenvalue weighted by molar-refractivity contribution is -0.226. The van der Waals surface area contributed by atoms with Gasteiger partial charge in [0.2, 0.25) is 11.8 Å². The van der Waals surface area contributed by atoms with Crippen molar-refractivity contribution in [2.45, 2.75) is 38.0 Å². The molecule has 2 saturated heterocycles. The molecule has 3 aliphatic rings. The second-order valence-corrected chi connectivity index (χ2v) is 7.93. The number of amides is 2. The molecule has 4 rings (SSSR count). The zero-order valence-corrected chi connectivity index (χ0v) is 17.3. The van der Waals surface area contributed by atoms with Crippen LogP contribution < -0.4 is 4.90 Å². The van der Waals surface area contributed by atoms with Gasteiger partial charge in [-0.2, -0.15) is 13.2 Å². The molecule has 1 aromatic rings. The molecule has 0 N–H and O–H groups in total. The summed E-state index contributed by atoms with van der Waals surface area (Å²) in [5.74, 6) is -5.89. The van der Waals surface area contributed by atoms with Crippen LogP contribution in [-0.4, -0.2) is 41.7 Å². The van der Waals surface area contributed by atoms with Crippen LogP contribution in [0.2, 0.25) is 5.02 Å². The first kappa shape index (κ1) is 22.3. The summed E-state index contributed by atoms with van der Waals surface area (Å²) >= 11 is 6.04. The van der Waals surface area contributed by atoms with Crippen molar-refractivity contribution < 1.29 is 46.6 Å². The molecule has 4 atom stereocenters. The number of hydrogen-bond donors (Lipinski definition) is 0. The number of hydrogen-bond acceptors (Lipinski definition) is 7. The van der Waals surface area contributed by atoms with Crippen LogP contribution >= 0.6 is 11.6 Å². The lowest BCUT2D eigenvalue weighted by atomic mass is 9.76. The molecule has 170 valence electrons. The smallest absolute Gasteiger partial charge is 0.416 e. The summed E-state index contributed by atoms with van der Waals surface area (Å²) in [5, 5.41) is -0.244. The highest BCUT2D eigenvalue weighted by Gasteiger charge is 2.72. The summed E-state index contributed by atoms with van der Waals surface area (Å²) in [6, 6.07) is 2.27. The quantitative estimate of drug-likeness (QED) is 0.287. The number of imide groups is 1. The Bertz CT molecular complexity index is 1060. The summed E-state index contributed by atoms with van der Waals surface area (Å²) in [4.78, 5) is 50.2. The number of esters is 2. The topological polar surface area (TPSA) is 99.2 Å². The van der Waals surface area contributed by atoms with Crippen molar-refractivity contribution in [1.82, 2.24) is 0 Å². The van der Waals surface area contributed by atoms with E-state index in [1.807, 2.05) is 0 Å². The highest BCUT2D eigenvalue weighted by Crippen LogP contribution is 2.55. The van der Waals surface area contributed by atoms with Crippen molar-refractivity contribution in [2.24, 2.45) is 11.8 Å². The van der Waals surface area contributed by atoms with Crippen molar-refractivity contribution in [3.8, 4) is 0 Å². The highest BCUT2D eigenvalue weighted by atomic mass is 35.5. The number of benzene rings is 1. The van der Waals surface area contributed by atoms with Crippen molar-refractivity contribution in [2.75, 3.05) is 4.90 Å². The van der Waals surface area contributed by atoms with Gasteiger partial charge in [0.15, 0.2) is 5.60 Å². The van der Waals surface area contributed by atoms with Gasteiger partial charge in [0.05, 0.1) is 34.2 Å². The minimum Gasteiger partial charge on any atom is -0.422 e. The minimum absolute atomic E-state index is 0.244. The predicted molar refractivity (Wildman–Crippen MR) is 100.0 cm³/mol. The number of rotatable bonds is 4. The maximum Gasteiger partial charge on any atom is 0.416 e. The SMILES string of the molecule is CC(=O)OC(OC(C)=O)[C@]12C=C[C@@H](O1)[C@H]1C(=O)N(c3cc(C(F)(F)F)ccc3Cl)C(=O)[C@@H]12. The summed E-state index contributed by atoms with van der Waals surface area (Å²) in [7, 11) is 0. The fourth-order valence-corrected chi connectivity index (χ4v) is 4.52. The number of alkyl halides is 3. The van der Waals surface area contributed by atoms with E-state index in [1.165, 1.54) is 12.2 Å². The van der Waals surface area contributed by atoms with E-state index >= 15 is 0 Å². The third kappa shape index (κ3) is 3.27. The van der Waals surface area contributed by atoms with E-state index in [0.717, 1.165) is 26.0 Å². The van der Waals surface area contributed by atoms with Gasteiger partial charge in [-0.25, -0.2) is 4.90 Å². The molecule has 8 nitrogen and oxygen atoms in total. The fourth-order valence-electron chi connectivity index (χ4n) is 4.31. The van der Waals surface area contributed by atoms with Gasteiger partial charge < -0.3 is 14.2 Å². The maximum atomic E-state index is 13.4. The summed E-state index contributed by atoms with van der Waals surface area (Å²) < 4.78 is 55.5. The molecule has 3 heterocycles. The highest BCUT2D eigenvalue weighted by molar-refractivity contribution is 6.36. The lowest BCUT2D eigenvalue weighted by Crippen LogP contribution is -2.52. The first-order valence-corrected chi connectivity index (χ1v) is 9.71. The van der Waals surface area contributed by atoms with Crippen LogP contribution in [0.15, 0.2) is 30.4 Å². The van der Waals surface area contributed by atoms with E-state index in [0.29, 0.717) is 11.0 Å². The predicted octanol–water partition coefficient (Wildman–Crippen LogP) is 2.62. The normalized spacial score (nSPS) is 28.5. The second-order valence-electron chi connectivity index (χ2n) is 7.53. The Balaban J connectivity index is 1.78. The average Bonchev–Trinajstić information content (AvgIpc) is 3.32. The van der Waals surface area contributed by atoms with E-state index in [2.05, 4.69) is 0 Å². The van der Waals surface area contributed by atoms with E-state index in [-0.39, 0.29) is 5.02 Å². The summed E-state index contributed by atoms with van der Waals surface area (Å²) in [6.45, 7) is 2.10. The molecule has 2 fully saturated rings. The first-order chi connectivity index (χ1) is 14.9. The Labute approximate surface area is 183 Å². The van der Waals surface area contributed by atoms with Gasteiger partial charge in [0, 0.05) is 13.8 Å². The van der Waals surface area contributed by atoms with E-state index in [9.17, 15) is 32.3 Å². The molecule has 0 aromatic heterocycles. The molecule has 32 heavy (non-hydrogen) atoms. The van der Waals surface area contributed by atoms with Crippen LogP contribution in [0, 0.1) is 11.8 Å². The number of fused-ring (bicyclic) bond motifs is 5. The van der Waals surface area contributed by atoms with E-state index in [1.54, 1.807) is 0 Å². The number of anilines is 1. The Morgan fingerprint density at radius 2 is 1.78 bits per heavy atom. The van der Waals surface area contributed by atoms with Gasteiger partial charge >= 0.3 is 18.1 Å². The number of halogens is 4. The van der Waals surface area contributed by atoms with Gasteiger partial charge in [-0.05, 0) is 24.3 Å². The van der Waals surface area contributed by atoms with Crippen LogP contribution in [0.1, 0.15) is 19.4 Å². The maximum absolute atomic E-state index is 13.4. The zero-order valence-electron chi connectivity index (χ0n) is 16.5. The van der Waals surface area contributed by atoms with Gasteiger partial charge in [0.1, 0.15) is 0 Å². The standard InChI is InChI=1S/C20H15ClF3NO7/c1-8(26)30-18(31-9(2)27)19-6-5-13(32-19)14-15(19)17(29)25(16(14)28)12-7-10(20(22,23)24)3-4-11(12)21/h3-7,13-15,18H,1-2H3/t13-,14-,15-,19-/m1/s1. The molecule has 0 aliphatic carbocycles. The Morgan fingerprint density at radius 1 is 1.16 bits per heavy atom. The number of carbonyl (C=O) groups is 4. The number of nitrogens with zero attached hydrogens (tertiary/aromatic N) is 1. The largest absolute Gasteiger partial charge is 0.422 e. The molecule has 0 saturated carbocycles. The molecule has 12 heteroatoms. The number of ether oxygens (including phenoxy) is 3. The van der Waals surface area contributed by atoms with Crippen molar-refractivity contribution in [1.29, 1.82) is 0 Å².